The Morgan fingerprint density at radius 3 is 2.68 bits per heavy atom. The molecule has 0 N–H and O–H groups in total. The maximum atomic E-state index is 11.9. The lowest BCUT2D eigenvalue weighted by Crippen LogP contribution is -2.39. The second-order valence-corrected chi connectivity index (χ2v) is 7.20. The molecular weight excluding hydrogens is 262 g/mol. The van der Waals surface area contributed by atoms with Crippen LogP contribution in [0.3, 0.4) is 0 Å². The number of nitrogens with zero attached hydrogens (tertiary/aromatic N) is 1. The molecule has 0 saturated heterocycles. The molecule has 0 radical (unpaired) electrons. The molecule has 0 bridgehead atoms. The van der Waals surface area contributed by atoms with Gasteiger partial charge in [0.1, 0.15) is 0 Å². The van der Waals surface area contributed by atoms with Crippen molar-refractivity contribution >= 4 is 10.0 Å². The second-order valence-electron chi connectivity index (χ2n) is 5.00. The molecule has 0 amide bonds. The molecule has 0 spiro atoms. The lowest BCUT2D eigenvalue weighted by Gasteiger charge is -2.28. The minimum Gasteiger partial charge on any atom is -0.372 e. The number of rotatable bonds is 5. The van der Waals surface area contributed by atoms with Crippen LogP contribution in [0.25, 0.3) is 0 Å². The average Bonchev–Trinajstić information content (AvgIpc) is 2.38. The first kappa shape index (κ1) is 14.5. The summed E-state index contributed by atoms with van der Waals surface area (Å²) in [6.45, 7) is 2.87. The normalized spacial score (nSPS) is 19.4. The van der Waals surface area contributed by atoms with Gasteiger partial charge >= 0.3 is 0 Å². The van der Waals surface area contributed by atoms with Crippen LogP contribution in [0, 0.1) is 0 Å². The second kappa shape index (κ2) is 6.03. The Balaban J connectivity index is 1.99. The largest absolute Gasteiger partial charge is 0.372 e. The first-order valence-corrected chi connectivity index (χ1v) is 8.26. The van der Waals surface area contributed by atoms with Crippen LogP contribution in [0.5, 0.6) is 0 Å². The van der Waals surface area contributed by atoms with Gasteiger partial charge in [0.2, 0.25) is 10.0 Å². The highest BCUT2D eigenvalue weighted by atomic mass is 32.2. The van der Waals surface area contributed by atoms with Crippen molar-refractivity contribution in [2.45, 2.75) is 32.5 Å². The molecule has 1 aromatic carbocycles. The maximum Gasteiger partial charge on any atom is 0.213 e. The van der Waals surface area contributed by atoms with Crippen LogP contribution in [0.15, 0.2) is 24.3 Å². The summed E-state index contributed by atoms with van der Waals surface area (Å²) in [6.07, 6.45) is 1.37. The molecule has 1 atom stereocenters. The van der Waals surface area contributed by atoms with Crippen LogP contribution in [0.4, 0.5) is 0 Å². The van der Waals surface area contributed by atoms with E-state index in [9.17, 15) is 8.42 Å². The van der Waals surface area contributed by atoms with E-state index in [4.69, 9.17) is 4.74 Å². The van der Waals surface area contributed by atoms with E-state index in [0.717, 1.165) is 6.42 Å². The van der Waals surface area contributed by atoms with Gasteiger partial charge in [-0.3, -0.25) is 0 Å². The van der Waals surface area contributed by atoms with Crippen LogP contribution in [-0.4, -0.2) is 38.2 Å². The van der Waals surface area contributed by atoms with E-state index >= 15 is 0 Å². The van der Waals surface area contributed by atoms with Crippen LogP contribution in [0.2, 0.25) is 0 Å². The fourth-order valence-corrected chi connectivity index (χ4v) is 3.56. The summed E-state index contributed by atoms with van der Waals surface area (Å²) in [5, 5.41) is 0. The molecule has 1 aromatic rings. The number of fused-ring (bicyclic) bond motifs is 1. The number of likely N-dealkylation sites (N-methyl/N-ethyl adjacent to an activating group) is 1. The van der Waals surface area contributed by atoms with E-state index in [2.05, 4.69) is 12.1 Å². The van der Waals surface area contributed by atoms with Gasteiger partial charge in [0.05, 0.1) is 18.5 Å². The molecule has 2 rings (SSSR count). The molecule has 0 fully saturated rings. The van der Waals surface area contributed by atoms with Gasteiger partial charge in [-0.25, -0.2) is 12.7 Å². The van der Waals surface area contributed by atoms with E-state index in [1.165, 1.54) is 15.4 Å². The highest BCUT2D eigenvalue weighted by molar-refractivity contribution is 7.89. The average molecular weight is 283 g/mol. The Bertz CT molecular complexity index is 527. The maximum absolute atomic E-state index is 11.9. The molecular formula is C14H21NO3S. The van der Waals surface area contributed by atoms with Crippen molar-refractivity contribution in [1.29, 1.82) is 0 Å². The number of benzene rings is 1. The fourth-order valence-electron chi connectivity index (χ4n) is 2.34. The van der Waals surface area contributed by atoms with Gasteiger partial charge in [0, 0.05) is 20.0 Å². The molecule has 1 heterocycles. The summed E-state index contributed by atoms with van der Waals surface area (Å²) in [5.74, 6) is 0.201. The van der Waals surface area contributed by atoms with Crippen molar-refractivity contribution in [3.05, 3.63) is 35.4 Å². The zero-order chi connectivity index (χ0) is 13.9. The molecule has 0 aliphatic carbocycles. The van der Waals surface area contributed by atoms with Gasteiger partial charge in [-0.05, 0) is 17.5 Å². The molecule has 1 aliphatic rings. The Morgan fingerprint density at radius 2 is 2.00 bits per heavy atom. The summed E-state index contributed by atoms with van der Waals surface area (Å²) in [5.41, 5.74) is 2.47. The first-order valence-electron chi connectivity index (χ1n) is 6.65. The third kappa shape index (κ3) is 3.55. The van der Waals surface area contributed by atoms with E-state index < -0.39 is 10.0 Å². The van der Waals surface area contributed by atoms with Crippen LogP contribution < -0.4 is 0 Å². The van der Waals surface area contributed by atoms with Gasteiger partial charge < -0.3 is 4.74 Å². The smallest absolute Gasteiger partial charge is 0.213 e. The SMILES string of the molecule is CCCS(=O)(=O)N(C)CC1Cc2ccccc2CO1. The van der Waals surface area contributed by atoms with E-state index in [1.54, 1.807) is 7.05 Å². The van der Waals surface area contributed by atoms with Gasteiger partial charge in [0.15, 0.2) is 0 Å². The molecule has 0 saturated carbocycles. The number of ether oxygens (including phenoxy) is 1. The van der Waals surface area contributed by atoms with Crippen LogP contribution in [0.1, 0.15) is 24.5 Å². The van der Waals surface area contributed by atoms with Gasteiger partial charge in [-0.2, -0.15) is 0 Å². The quantitative estimate of drug-likeness (QED) is 0.828. The van der Waals surface area contributed by atoms with Gasteiger partial charge in [0.25, 0.3) is 0 Å². The first-order chi connectivity index (χ1) is 9.03. The van der Waals surface area contributed by atoms with E-state index in [-0.39, 0.29) is 11.9 Å². The van der Waals surface area contributed by atoms with Crippen molar-refractivity contribution in [1.82, 2.24) is 4.31 Å². The van der Waals surface area contributed by atoms with Gasteiger partial charge in [-0.1, -0.05) is 31.2 Å². The lowest BCUT2D eigenvalue weighted by molar-refractivity contribution is 0.0202. The standard InChI is InChI=1S/C14H21NO3S/c1-3-8-19(16,17)15(2)10-14-9-12-6-4-5-7-13(12)11-18-14/h4-7,14H,3,8-11H2,1-2H3. The molecule has 4 nitrogen and oxygen atoms in total. The number of hydrogen-bond acceptors (Lipinski definition) is 3. The Hall–Kier alpha value is -0.910. The Morgan fingerprint density at radius 1 is 1.32 bits per heavy atom. The van der Waals surface area contributed by atoms with Crippen molar-refractivity contribution in [2.75, 3.05) is 19.3 Å². The predicted molar refractivity (Wildman–Crippen MR) is 75.4 cm³/mol. The van der Waals surface area contributed by atoms with Crippen molar-refractivity contribution in [3.63, 3.8) is 0 Å². The van der Waals surface area contributed by atoms with Crippen molar-refractivity contribution < 1.29 is 13.2 Å². The number of sulfonamides is 1. The molecule has 1 aliphatic heterocycles. The highest BCUT2D eigenvalue weighted by Gasteiger charge is 2.24. The minimum absolute atomic E-state index is 0.0495. The predicted octanol–water partition coefficient (Wildman–Crippen LogP) is 1.80. The lowest BCUT2D eigenvalue weighted by atomic mass is 9.99. The summed E-state index contributed by atoms with van der Waals surface area (Å²) < 4.78 is 31.0. The third-order valence-electron chi connectivity index (χ3n) is 3.44. The zero-order valence-corrected chi connectivity index (χ0v) is 12.3. The summed E-state index contributed by atoms with van der Waals surface area (Å²) in [7, 11) is -1.50. The highest BCUT2D eigenvalue weighted by Crippen LogP contribution is 2.21. The van der Waals surface area contributed by atoms with Crippen LogP contribution >= 0.6 is 0 Å². The van der Waals surface area contributed by atoms with Gasteiger partial charge in [-0.15, -0.1) is 0 Å². The summed E-state index contributed by atoms with van der Waals surface area (Å²) >= 11 is 0. The number of hydrogen-bond donors (Lipinski definition) is 0. The monoisotopic (exact) mass is 283 g/mol. The van der Waals surface area contributed by atoms with E-state index in [0.29, 0.717) is 19.6 Å². The fraction of sp³-hybridized carbons (Fsp3) is 0.571. The molecule has 5 heteroatoms. The summed E-state index contributed by atoms with van der Waals surface area (Å²) in [4.78, 5) is 0. The molecule has 106 valence electrons. The van der Waals surface area contributed by atoms with Crippen molar-refractivity contribution in [3.8, 4) is 0 Å². The summed E-state index contributed by atoms with van der Waals surface area (Å²) in [6, 6.07) is 8.16. The van der Waals surface area contributed by atoms with Crippen molar-refractivity contribution in [2.24, 2.45) is 0 Å². The molecule has 0 aromatic heterocycles. The Kier molecular flexibility index (Phi) is 4.60. The Labute approximate surface area is 115 Å². The minimum atomic E-state index is -3.13. The topological polar surface area (TPSA) is 46.6 Å². The third-order valence-corrected chi connectivity index (χ3v) is 5.46. The zero-order valence-electron chi connectivity index (χ0n) is 11.5. The molecule has 1 unspecified atom stereocenters. The van der Waals surface area contributed by atoms with E-state index in [1.807, 2.05) is 19.1 Å². The van der Waals surface area contributed by atoms with Crippen LogP contribution in [-0.2, 0) is 27.8 Å². The molecule has 19 heavy (non-hydrogen) atoms.